The second-order valence-electron chi connectivity index (χ2n) is 22.0. The van der Waals surface area contributed by atoms with Gasteiger partial charge in [-0.2, -0.15) is 0 Å². The van der Waals surface area contributed by atoms with E-state index in [9.17, 15) is 14.4 Å². The van der Waals surface area contributed by atoms with E-state index in [0.717, 1.165) is 77.0 Å². The molecular formula is C68H124O6. The van der Waals surface area contributed by atoms with Crippen LogP contribution in [0.4, 0.5) is 0 Å². The van der Waals surface area contributed by atoms with Crippen LogP contribution in [-0.2, 0) is 28.6 Å². The lowest BCUT2D eigenvalue weighted by Gasteiger charge is -2.18. The van der Waals surface area contributed by atoms with E-state index in [1.54, 1.807) is 0 Å². The number of allylic oxidation sites excluding steroid dienone is 8. The minimum atomic E-state index is -0.775. The SMILES string of the molecule is CCCCCCC/C=C\C/C=C\C/C=C\CCCCCCCCCCCCCCCCC(=O)OCC(COC(=O)CCCCCCCCCCCCCC)OC(=O)CCCCCCC/C=C\CCCCCCCC. The van der Waals surface area contributed by atoms with Gasteiger partial charge in [0.25, 0.3) is 0 Å². The van der Waals surface area contributed by atoms with E-state index in [-0.39, 0.29) is 31.1 Å². The monoisotopic (exact) mass is 1040 g/mol. The van der Waals surface area contributed by atoms with Crippen molar-refractivity contribution in [2.75, 3.05) is 13.2 Å². The van der Waals surface area contributed by atoms with Crippen LogP contribution in [0.3, 0.4) is 0 Å². The van der Waals surface area contributed by atoms with Crippen molar-refractivity contribution in [3.8, 4) is 0 Å². The molecule has 0 aromatic rings. The first-order valence-corrected chi connectivity index (χ1v) is 32.6. The summed E-state index contributed by atoms with van der Waals surface area (Å²) in [6.07, 6.45) is 78.4. The van der Waals surface area contributed by atoms with Crippen LogP contribution in [0.25, 0.3) is 0 Å². The molecule has 74 heavy (non-hydrogen) atoms. The molecule has 0 amide bonds. The Bertz CT molecular complexity index is 1280. The van der Waals surface area contributed by atoms with E-state index in [0.29, 0.717) is 19.3 Å². The Kier molecular flexibility index (Phi) is 60.7. The van der Waals surface area contributed by atoms with Crippen molar-refractivity contribution in [3.05, 3.63) is 48.6 Å². The summed E-state index contributed by atoms with van der Waals surface area (Å²) in [5, 5.41) is 0. The largest absolute Gasteiger partial charge is 0.462 e. The van der Waals surface area contributed by atoms with Crippen LogP contribution in [-0.4, -0.2) is 37.2 Å². The van der Waals surface area contributed by atoms with Gasteiger partial charge in [-0.25, -0.2) is 0 Å². The Balaban J connectivity index is 4.18. The van der Waals surface area contributed by atoms with Gasteiger partial charge in [-0.15, -0.1) is 0 Å². The molecule has 0 N–H and O–H groups in total. The van der Waals surface area contributed by atoms with Gasteiger partial charge in [-0.1, -0.05) is 294 Å². The van der Waals surface area contributed by atoms with Crippen LogP contribution >= 0.6 is 0 Å². The summed E-state index contributed by atoms with van der Waals surface area (Å²) in [6, 6.07) is 0. The van der Waals surface area contributed by atoms with Gasteiger partial charge in [0.05, 0.1) is 0 Å². The van der Waals surface area contributed by atoms with E-state index < -0.39 is 6.10 Å². The molecule has 0 aliphatic rings. The van der Waals surface area contributed by atoms with Crippen molar-refractivity contribution in [2.24, 2.45) is 0 Å². The molecule has 1 unspecified atom stereocenters. The highest BCUT2D eigenvalue weighted by Crippen LogP contribution is 2.17. The maximum atomic E-state index is 12.9. The first-order valence-electron chi connectivity index (χ1n) is 32.6. The van der Waals surface area contributed by atoms with Crippen molar-refractivity contribution < 1.29 is 28.6 Å². The standard InChI is InChI=1S/C68H124O6/c1-4-7-10-13-16-19-22-25-27-28-29-30-31-32-33-34-35-36-37-38-39-40-42-43-46-49-52-55-58-61-67(70)73-64-65(63-72-66(69)60-57-54-51-48-45-24-21-18-15-12-9-6-3)74-68(71)62-59-56-53-50-47-44-41-26-23-20-17-14-11-8-5-2/h22,25-26,28-29,31-32,41,65H,4-21,23-24,27,30,33-40,42-64H2,1-3H3/b25-22-,29-28-,32-31-,41-26-. The van der Waals surface area contributed by atoms with Gasteiger partial charge in [0.1, 0.15) is 13.2 Å². The van der Waals surface area contributed by atoms with Crippen LogP contribution in [0.2, 0.25) is 0 Å². The van der Waals surface area contributed by atoms with Crippen LogP contribution in [0.15, 0.2) is 48.6 Å². The summed E-state index contributed by atoms with van der Waals surface area (Å²) in [5.41, 5.74) is 0. The molecular weight excluding hydrogens is 913 g/mol. The predicted octanol–water partition coefficient (Wildman–Crippen LogP) is 22.2. The van der Waals surface area contributed by atoms with E-state index in [2.05, 4.69) is 69.4 Å². The minimum Gasteiger partial charge on any atom is -0.462 e. The van der Waals surface area contributed by atoms with Gasteiger partial charge in [-0.3, -0.25) is 14.4 Å². The lowest BCUT2D eigenvalue weighted by atomic mass is 10.0. The van der Waals surface area contributed by atoms with Crippen molar-refractivity contribution >= 4 is 17.9 Å². The lowest BCUT2D eigenvalue weighted by molar-refractivity contribution is -0.167. The van der Waals surface area contributed by atoms with Gasteiger partial charge < -0.3 is 14.2 Å². The molecule has 0 saturated heterocycles. The molecule has 1 atom stereocenters. The fourth-order valence-corrected chi connectivity index (χ4v) is 9.62. The summed E-state index contributed by atoms with van der Waals surface area (Å²) >= 11 is 0. The summed E-state index contributed by atoms with van der Waals surface area (Å²) in [6.45, 7) is 6.66. The van der Waals surface area contributed by atoms with E-state index >= 15 is 0 Å². The number of unbranched alkanes of at least 4 members (excludes halogenated alkanes) is 41. The molecule has 6 nitrogen and oxygen atoms in total. The molecule has 0 fully saturated rings. The van der Waals surface area contributed by atoms with Crippen LogP contribution in [0.1, 0.15) is 348 Å². The highest BCUT2D eigenvalue weighted by molar-refractivity contribution is 5.71. The molecule has 0 radical (unpaired) electrons. The number of hydrogen-bond acceptors (Lipinski definition) is 6. The van der Waals surface area contributed by atoms with Crippen LogP contribution < -0.4 is 0 Å². The topological polar surface area (TPSA) is 78.9 Å². The summed E-state index contributed by atoms with van der Waals surface area (Å²) in [4.78, 5) is 38.2. The maximum Gasteiger partial charge on any atom is 0.306 e. The molecule has 0 heterocycles. The second-order valence-corrected chi connectivity index (χ2v) is 22.0. The summed E-state index contributed by atoms with van der Waals surface area (Å²) in [5.74, 6) is -0.862. The number of hydrogen-bond donors (Lipinski definition) is 0. The summed E-state index contributed by atoms with van der Waals surface area (Å²) < 4.78 is 16.9. The average Bonchev–Trinajstić information content (AvgIpc) is 3.40. The molecule has 0 aliphatic heterocycles. The van der Waals surface area contributed by atoms with Crippen molar-refractivity contribution in [1.29, 1.82) is 0 Å². The first-order chi connectivity index (χ1) is 36.5. The van der Waals surface area contributed by atoms with Crippen molar-refractivity contribution in [1.82, 2.24) is 0 Å². The van der Waals surface area contributed by atoms with Gasteiger partial charge in [-0.05, 0) is 83.5 Å². The smallest absolute Gasteiger partial charge is 0.306 e. The number of ether oxygens (including phenoxy) is 3. The molecule has 0 saturated carbocycles. The third-order valence-corrected chi connectivity index (χ3v) is 14.6. The van der Waals surface area contributed by atoms with Crippen LogP contribution in [0, 0.1) is 0 Å². The van der Waals surface area contributed by atoms with E-state index in [1.165, 1.54) is 231 Å². The Morgan fingerprint density at radius 1 is 0.270 bits per heavy atom. The number of esters is 3. The molecule has 0 aliphatic carbocycles. The molecule has 0 spiro atoms. The van der Waals surface area contributed by atoms with Gasteiger partial charge >= 0.3 is 17.9 Å². The second kappa shape index (κ2) is 62.9. The number of carbonyl (C=O) groups excluding carboxylic acids is 3. The normalized spacial score (nSPS) is 12.3. The average molecular weight is 1040 g/mol. The highest BCUT2D eigenvalue weighted by Gasteiger charge is 2.19. The Morgan fingerprint density at radius 3 is 0.770 bits per heavy atom. The fraction of sp³-hybridized carbons (Fsp3) is 0.838. The molecule has 6 heteroatoms. The Morgan fingerprint density at radius 2 is 0.486 bits per heavy atom. The van der Waals surface area contributed by atoms with E-state index in [1.807, 2.05) is 0 Å². The summed E-state index contributed by atoms with van der Waals surface area (Å²) in [7, 11) is 0. The molecule has 0 rings (SSSR count). The third-order valence-electron chi connectivity index (χ3n) is 14.6. The van der Waals surface area contributed by atoms with Crippen LogP contribution in [0.5, 0.6) is 0 Å². The number of rotatable bonds is 60. The zero-order chi connectivity index (χ0) is 53.6. The van der Waals surface area contributed by atoms with Gasteiger partial charge in [0, 0.05) is 19.3 Å². The third kappa shape index (κ3) is 60.2. The fourth-order valence-electron chi connectivity index (χ4n) is 9.62. The lowest BCUT2D eigenvalue weighted by Crippen LogP contribution is -2.30. The Labute approximate surface area is 460 Å². The highest BCUT2D eigenvalue weighted by atomic mass is 16.6. The molecule has 0 aromatic carbocycles. The molecule has 0 bridgehead atoms. The van der Waals surface area contributed by atoms with Crippen molar-refractivity contribution in [3.63, 3.8) is 0 Å². The minimum absolute atomic E-state index is 0.0721. The van der Waals surface area contributed by atoms with Crippen molar-refractivity contribution in [2.45, 2.75) is 354 Å². The molecule has 0 aromatic heterocycles. The van der Waals surface area contributed by atoms with E-state index in [4.69, 9.17) is 14.2 Å². The first kappa shape index (κ1) is 71.4. The zero-order valence-electron chi connectivity index (χ0n) is 49.6. The molecule has 432 valence electrons. The number of carbonyl (C=O) groups is 3. The predicted molar refractivity (Wildman–Crippen MR) is 321 cm³/mol. The zero-order valence-corrected chi connectivity index (χ0v) is 49.6. The quantitative estimate of drug-likeness (QED) is 0.0261. The Hall–Kier alpha value is -2.63. The van der Waals surface area contributed by atoms with Gasteiger partial charge in [0.15, 0.2) is 6.10 Å². The van der Waals surface area contributed by atoms with Gasteiger partial charge in [0.2, 0.25) is 0 Å². The maximum absolute atomic E-state index is 12.9.